The van der Waals surface area contributed by atoms with Crippen LogP contribution in [0.4, 0.5) is 0 Å². The van der Waals surface area contributed by atoms with Crippen molar-refractivity contribution in [1.82, 2.24) is 15.0 Å². The quantitative estimate of drug-likeness (QED) is 0.286. The highest BCUT2D eigenvalue weighted by atomic mass is 35.5. The fourth-order valence-corrected chi connectivity index (χ4v) is 5.28. The van der Waals surface area contributed by atoms with Gasteiger partial charge in [-0.15, -0.1) is 11.3 Å². The molecule has 36 heavy (non-hydrogen) atoms. The largest absolute Gasteiger partial charge is 0.456 e. The minimum absolute atomic E-state index is 0.176. The van der Waals surface area contributed by atoms with Crippen molar-refractivity contribution in [2.24, 2.45) is 0 Å². The zero-order valence-electron chi connectivity index (χ0n) is 19.0. The first-order chi connectivity index (χ1) is 17.6. The Morgan fingerprint density at radius 1 is 1.03 bits per heavy atom. The van der Waals surface area contributed by atoms with Gasteiger partial charge in [-0.1, -0.05) is 60.1 Å². The van der Waals surface area contributed by atoms with Gasteiger partial charge in [-0.05, 0) is 28.8 Å². The molecule has 0 spiro atoms. The molecule has 2 unspecified atom stereocenters. The molecule has 0 radical (unpaired) electrons. The number of aromatic amines is 1. The van der Waals surface area contributed by atoms with Crippen molar-refractivity contribution >= 4 is 34.0 Å². The molecule has 3 atom stereocenters. The van der Waals surface area contributed by atoms with E-state index < -0.39 is 18.3 Å². The van der Waals surface area contributed by atoms with Crippen LogP contribution in [0.1, 0.15) is 0 Å². The van der Waals surface area contributed by atoms with E-state index in [9.17, 15) is 10.2 Å². The van der Waals surface area contributed by atoms with E-state index in [-0.39, 0.29) is 19.2 Å². The highest BCUT2D eigenvalue weighted by molar-refractivity contribution is 7.13. The van der Waals surface area contributed by atoms with Gasteiger partial charge < -0.3 is 24.7 Å². The number of ether oxygens (including phenoxy) is 2. The van der Waals surface area contributed by atoms with Crippen molar-refractivity contribution in [2.45, 2.75) is 18.3 Å². The van der Waals surface area contributed by atoms with Gasteiger partial charge in [-0.25, -0.2) is 4.98 Å². The van der Waals surface area contributed by atoms with E-state index in [1.807, 2.05) is 35.8 Å². The monoisotopic (exact) mass is 519 g/mol. The third kappa shape index (κ3) is 4.38. The topological polar surface area (TPSA) is 100 Å². The van der Waals surface area contributed by atoms with Crippen molar-refractivity contribution < 1.29 is 19.7 Å². The van der Waals surface area contributed by atoms with Crippen LogP contribution in [0.15, 0.2) is 72.2 Å². The average Bonchev–Trinajstić information content (AvgIpc) is 3.65. The van der Waals surface area contributed by atoms with E-state index >= 15 is 0 Å². The van der Waals surface area contributed by atoms with Gasteiger partial charge in [0.25, 0.3) is 6.01 Å². The van der Waals surface area contributed by atoms with Crippen LogP contribution in [0.2, 0.25) is 5.02 Å². The van der Waals surface area contributed by atoms with Crippen molar-refractivity contribution in [3.8, 4) is 38.8 Å². The first-order valence-electron chi connectivity index (χ1n) is 11.5. The number of rotatable bonds is 6. The molecule has 9 heteroatoms. The molecule has 0 bridgehead atoms. The van der Waals surface area contributed by atoms with E-state index in [1.54, 1.807) is 11.3 Å². The van der Waals surface area contributed by atoms with Crippen LogP contribution in [0.5, 0.6) is 6.01 Å². The van der Waals surface area contributed by atoms with Crippen LogP contribution < -0.4 is 4.74 Å². The lowest BCUT2D eigenvalue weighted by atomic mass is 9.99. The molecule has 6 rings (SSSR count). The summed E-state index contributed by atoms with van der Waals surface area (Å²) < 4.78 is 11.1. The molecule has 3 N–H and O–H groups in total. The highest BCUT2D eigenvalue weighted by Crippen LogP contribution is 2.34. The number of benzene rings is 3. The molecule has 182 valence electrons. The first kappa shape index (κ1) is 23.1. The van der Waals surface area contributed by atoms with E-state index in [4.69, 9.17) is 21.1 Å². The fraction of sp³-hybridized carbons (Fsp3) is 0.185. The number of halogens is 1. The molecule has 1 aliphatic heterocycles. The van der Waals surface area contributed by atoms with Crippen molar-refractivity contribution in [3.05, 3.63) is 77.3 Å². The summed E-state index contributed by atoms with van der Waals surface area (Å²) in [6.45, 7) is -0.0910. The standard InChI is InChI=1S/C27H22ClN3O4S/c28-20-12-22-21(30-27(31-22)35-24-14-34-23(13-32)25(24)33)11-19(20)17-5-1-15(2-6-17)16-3-7-18(8-4-16)26-29-9-10-36-26/h1-12,23-25,32-33H,13-14H2,(H,30,31)/t23-,24?,25?/m1/s1. The number of fused-ring (bicyclic) bond motifs is 1. The summed E-state index contributed by atoms with van der Waals surface area (Å²) in [5.41, 5.74) is 6.59. The van der Waals surface area contributed by atoms with E-state index in [2.05, 4.69) is 51.4 Å². The molecule has 1 aliphatic rings. The van der Waals surface area contributed by atoms with Gasteiger partial charge in [0.05, 0.1) is 29.3 Å². The van der Waals surface area contributed by atoms with Crippen molar-refractivity contribution in [3.63, 3.8) is 0 Å². The number of H-pyrrole nitrogens is 1. The average molecular weight is 520 g/mol. The normalized spacial score (nSPS) is 19.7. The minimum Gasteiger partial charge on any atom is -0.456 e. The maximum atomic E-state index is 10.2. The molecule has 1 fully saturated rings. The smallest absolute Gasteiger partial charge is 0.295 e. The third-order valence-corrected chi connectivity index (χ3v) is 7.46. The molecule has 3 heterocycles. The fourth-order valence-electron chi connectivity index (χ4n) is 4.36. The Hall–Kier alpha value is -3.27. The lowest BCUT2D eigenvalue weighted by Gasteiger charge is -2.15. The Bertz CT molecular complexity index is 1490. The number of thiazole rings is 1. The summed E-state index contributed by atoms with van der Waals surface area (Å²) in [6, 6.07) is 20.6. The number of aliphatic hydroxyl groups excluding tert-OH is 2. The molecule has 3 aromatic carbocycles. The van der Waals surface area contributed by atoms with Crippen LogP contribution in [-0.4, -0.2) is 56.7 Å². The molecule has 2 aromatic heterocycles. The zero-order valence-corrected chi connectivity index (χ0v) is 20.5. The number of nitrogens with one attached hydrogen (secondary N) is 1. The van der Waals surface area contributed by atoms with E-state index in [0.29, 0.717) is 10.5 Å². The van der Waals surface area contributed by atoms with E-state index in [0.717, 1.165) is 38.3 Å². The Labute approximate surface area is 216 Å². The van der Waals surface area contributed by atoms with Gasteiger partial charge >= 0.3 is 0 Å². The third-order valence-electron chi connectivity index (χ3n) is 6.32. The second-order valence-corrected chi connectivity index (χ2v) is 9.89. The van der Waals surface area contributed by atoms with Crippen molar-refractivity contribution in [1.29, 1.82) is 0 Å². The Kier molecular flexibility index (Phi) is 6.20. The van der Waals surface area contributed by atoms with Gasteiger partial charge in [-0.3, -0.25) is 0 Å². The number of hydrogen-bond donors (Lipinski definition) is 3. The predicted octanol–water partition coefficient (Wildman–Crippen LogP) is 5.17. The highest BCUT2D eigenvalue weighted by Gasteiger charge is 2.37. The van der Waals surface area contributed by atoms with Crippen LogP contribution in [0.25, 0.3) is 43.9 Å². The summed E-state index contributed by atoms with van der Waals surface area (Å²) in [5.74, 6) is 0. The molecule has 0 amide bonds. The number of hydrogen-bond acceptors (Lipinski definition) is 7. The molecule has 1 saturated heterocycles. The van der Waals surface area contributed by atoms with E-state index in [1.165, 1.54) is 0 Å². The Morgan fingerprint density at radius 2 is 1.72 bits per heavy atom. The van der Waals surface area contributed by atoms with Crippen molar-refractivity contribution in [2.75, 3.05) is 13.2 Å². The van der Waals surface area contributed by atoms with Crippen LogP contribution in [0, 0.1) is 0 Å². The van der Waals surface area contributed by atoms with Crippen LogP contribution in [-0.2, 0) is 4.74 Å². The lowest BCUT2D eigenvalue weighted by molar-refractivity contribution is -0.00390. The van der Waals surface area contributed by atoms with Gasteiger partial charge in [-0.2, -0.15) is 4.98 Å². The summed E-state index contributed by atoms with van der Waals surface area (Å²) in [7, 11) is 0. The molecule has 7 nitrogen and oxygen atoms in total. The Morgan fingerprint density at radius 3 is 2.36 bits per heavy atom. The number of aromatic nitrogens is 3. The predicted molar refractivity (Wildman–Crippen MR) is 140 cm³/mol. The molecular formula is C27H22ClN3O4S. The van der Waals surface area contributed by atoms with Gasteiger partial charge in [0.15, 0.2) is 6.10 Å². The van der Waals surface area contributed by atoms with Gasteiger partial charge in [0.2, 0.25) is 0 Å². The molecule has 0 aliphatic carbocycles. The zero-order chi connectivity index (χ0) is 24.6. The maximum Gasteiger partial charge on any atom is 0.295 e. The summed E-state index contributed by atoms with van der Waals surface area (Å²) in [6.07, 6.45) is -0.377. The second-order valence-electron chi connectivity index (χ2n) is 8.58. The Balaban J connectivity index is 1.22. The molecular weight excluding hydrogens is 498 g/mol. The lowest BCUT2D eigenvalue weighted by Crippen LogP contribution is -2.36. The molecule has 5 aromatic rings. The number of imidazole rings is 1. The van der Waals surface area contributed by atoms with Crippen LogP contribution in [0.3, 0.4) is 0 Å². The van der Waals surface area contributed by atoms with Gasteiger partial charge in [0.1, 0.15) is 17.2 Å². The summed E-state index contributed by atoms with van der Waals surface area (Å²) in [5, 5.41) is 23.0. The second kappa shape index (κ2) is 9.65. The molecule has 0 saturated carbocycles. The first-order valence-corrected chi connectivity index (χ1v) is 12.7. The minimum atomic E-state index is -0.926. The number of nitrogens with zero attached hydrogens (tertiary/aromatic N) is 2. The maximum absolute atomic E-state index is 10.2. The number of aliphatic hydroxyl groups is 2. The van der Waals surface area contributed by atoms with Crippen LogP contribution >= 0.6 is 22.9 Å². The van der Waals surface area contributed by atoms with Gasteiger partial charge in [0, 0.05) is 22.7 Å². The summed E-state index contributed by atoms with van der Waals surface area (Å²) >= 11 is 8.25. The summed E-state index contributed by atoms with van der Waals surface area (Å²) in [4.78, 5) is 12.0. The SMILES string of the molecule is OC[C@H]1OCC(Oc2nc3cc(-c4ccc(-c5ccc(-c6nccs6)cc5)cc4)c(Cl)cc3[nH]2)C1O.